The first-order valence-corrected chi connectivity index (χ1v) is 16.6. The van der Waals surface area contributed by atoms with Gasteiger partial charge in [-0.25, -0.2) is 4.39 Å². The number of nitrogens with zero attached hydrogens (tertiary/aromatic N) is 4. The minimum Gasteiger partial charge on any atom is -0.344 e. The lowest BCUT2D eigenvalue weighted by Crippen LogP contribution is -2.54. The number of amides is 3. The molecular weight excluding hydrogens is 575 g/mol. The van der Waals surface area contributed by atoms with Crippen molar-refractivity contribution in [1.29, 1.82) is 0 Å². The SMILES string of the molecule is CCC(=O)N[C@H](Cc1ccc(CC(=O)[C@H](CCC2CCCCC2)NC(=O)c2ccnn2CC)c(F)c1)C(=O)N1CCN(C)CC1. The number of hydrogen-bond donors (Lipinski definition) is 2. The van der Waals surface area contributed by atoms with Gasteiger partial charge in [0.05, 0.1) is 6.04 Å². The van der Waals surface area contributed by atoms with Gasteiger partial charge in [-0.15, -0.1) is 0 Å². The number of hydrogen-bond acceptors (Lipinski definition) is 6. The molecule has 4 rings (SSSR count). The smallest absolute Gasteiger partial charge is 0.270 e. The van der Waals surface area contributed by atoms with Gasteiger partial charge in [0.15, 0.2) is 5.78 Å². The van der Waals surface area contributed by atoms with Crippen LogP contribution in [0.3, 0.4) is 0 Å². The molecule has 246 valence electrons. The minimum absolute atomic E-state index is 0.146. The summed E-state index contributed by atoms with van der Waals surface area (Å²) in [5.41, 5.74) is 1.18. The van der Waals surface area contributed by atoms with Crippen molar-refractivity contribution in [3.8, 4) is 0 Å². The summed E-state index contributed by atoms with van der Waals surface area (Å²) in [4.78, 5) is 56.2. The van der Waals surface area contributed by atoms with E-state index in [1.807, 2.05) is 14.0 Å². The van der Waals surface area contributed by atoms with E-state index in [9.17, 15) is 19.2 Å². The Morgan fingerprint density at radius 3 is 2.38 bits per heavy atom. The highest BCUT2D eigenvalue weighted by molar-refractivity contribution is 5.97. The molecule has 3 amide bonds. The summed E-state index contributed by atoms with van der Waals surface area (Å²) in [6.45, 7) is 6.79. The average molecular weight is 625 g/mol. The number of halogens is 1. The van der Waals surface area contributed by atoms with Crippen LogP contribution in [-0.4, -0.2) is 88.4 Å². The Bertz CT molecular complexity index is 1320. The van der Waals surface area contributed by atoms with Gasteiger partial charge in [-0.2, -0.15) is 5.10 Å². The van der Waals surface area contributed by atoms with Crippen LogP contribution in [0.4, 0.5) is 4.39 Å². The molecule has 2 fully saturated rings. The van der Waals surface area contributed by atoms with Crippen molar-refractivity contribution in [2.24, 2.45) is 5.92 Å². The summed E-state index contributed by atoms with van der Waals surface area (Å²) in [7, 11) is 2.00. The third-order valence-electron chi connectivity index (χ3n) is 9.22. The van der Waals surface area contributed by atoms with Crippen molar-refractivity contribution in [2.45, 2.75) is 96.7 Å². The zero-order valence-electron chi connectivity index (χ0n) is 27.0. The molecule has 45 heavy (non-hydrogen) atoms. The Balaban J connectivity index is 1.45. The molecule has 0 radical (unpaired) electrons. The number of Topliss-reactive ketones (excluding diaryl/α,β-unsaturated/α-hetero) is 1. The predicted octanol–water partition coefficient (Wildman–Crippen LogP) is 3.52. The fraction of sp³-hybridized carbons (Fsp3) is 0.618. The van der Waals surface area contributed by atoms with E-state index in [0.29, 0.717) is 43.2 Å². The summed E-state index contributed by atoms with van der Waals surface area (Å²) in [6.07, 6.45) is 8.99. The molecule has 1 aliphatic carbocycles. The van der Waals surface area contributed by atoms with Gasteiger partial charge in [0.2, 0.25) is 11.8 Å². The second kappa shape index (κ2) is 16.6. The normalized spacial score (nSPS) is 17.5. The number of ketones is 1. The third-order valence-corrected chi connectivity index (χ3v) is 9.22. The Kier molecular flexibility index (Phi) is 12.7. The Morgan fingerprint density at radius 2 is 1.71 bits per heavy atom. The van der Waals surface area contributed by atoms with Crippen LogP contribution in [-0.2, 0) is 33.8 Å². The van der Waals surface area contributed by atoms with Crippen molar-refractivity contribution >= 4 is 23.5 Å². The van der Waals surface area contributed by atoms with Gasteiger partial charge < -0.3 is 20.4 Å². The Hall–Kier alpha value is -3.60. The van der Waals surface area contributed by atoms with Gasteiger partial charge in [0.25, 0.3) is 5.91 Å². The molecule has 10 nitrogen and oxygen atoms in total. The number of carbonyl (C=O) groups is 4. The first-order valence-electron chi connectivity index (χ1n) is 16.6. The van der Waals surface area contributed by atoms with Crippen molar-refractivity contribution in [3.63, 3.8) is 0 Å². The molecular formula is C34H49FN6O4. The van der Waals surface area contributed by atoms with Gasteiger partial charge in [-0.05, 0) is 56.0 Å². The van der Waals surface area contributed by atoms with Crippen LogP contribution in [0, 0.1) is 11.7 Å². The molecule has 1 aromatic heterocycles. The average Bonchev–Trinajstić information content (AvgIpc) is 3.53. The first kappa shape index (κ1) is 34.3. The van der Waals surface area contributed by atoms with Crippen LogP contribution in [0.1, 0.15) is 86.8 Å². The van der Waals surface area contributed by atoms with E-state index in [-0.39, 0.29) is 48.3 Å². The Labute approximate surface area is 266 Å². The lowest BCUT2D eigenvalue weighted by molar-refractivity contribution is -0.137. The maximum atomic E-state index is 15.5. The summed E-state index contributed by atoms with van der Waals surface area (Å²) in [5.74, 6) is -1.05. The highest BCUT2D eigenvalue weighted by atomic mass is 19.1. The van der Waals surface area contributed by atoms with Crippen molar-refractivity contribution in [1.82, 2.24) is 30.2 Å². The van der Waals surface area contributed by atoms with Crippen LogP contribution in [0.25, 0.3) is 0 Å². The molecule has 1 aliphatic heterocycles. The molecule has 0 bridgehead atoms. The Morgan fingerprint density at radius 1 is 0.978 bits per heavy atom. The molecule has 11 heteroatoms. The maximum Gasteiger partial charge on any atom is 0.270 e. The standard InChI is InChI=1S/C34H49FN6O4/c1-4-32(43)37-29(34(45)40-19-17-39(3)18-20-40)22-25-11-13-26(27(35)21-25)23-31(42)28(14-12-24-9-7-6-8-10-24)38-33(44)30-15-16-36-41(30)5-2/h11,13,15-16,21,24,28-29H,4-10,12,14,17-20,22-23H2,1-3H3,(H,37,43)(H,38,44)/t28-,29+/m0/s1. The first-order chi connectivity index (χ1) is 21.7. The van der Waals surface area contributed by atoms with Gasteiger partial charge >= 0.3 is 0 Å². The van der Waals surface area contributed by atoms with E-state index in [2.05, 4.69) is 20.6 Å². The van der Waals surface area contributed by atoms with Crippen LogP contribution in [0.2, 0.25) is 0 Å². The molecule has 2 N–H and O–H groups in total. The van der Waals surface area contributed by atoms with Crippen LogP contribution in [0.5, 0.6) is 0 Å². The minimum atomic E-state index is -0.802. The maximum absolute atomic E-state index is 15.5. The zero-order chi connectivity index (χ0) is 32.3. The van der Waals surface area contributed by atoms with E-state index in [1.165, 1.54) is 25.3 Å². The molecule has 2 atom stereocenters. The van der Waals surface area contributed by atoms with E-state index in [4.69, 9.17) is 0 Å². The van der Waals surface area contributed by atoms with E-state index < -0.39 is 17.9 Å². The topological polar surface area (TPSA) is 117 Å². The fourth-order valence-electron chi connectivity index (χ4n) is 6.35. The summed E-state index contributed by atoms with van der Waals surface area (Å²) in [6, 6.07) is 4.72. The number of aromatic nitrogens is 2. The number of rotatable bonds is 14. The zero-order valence-corrected chi connectivity index (χ0v) is 27.0. The molecule has 1 saturated heterocycles. The van der Waals surface area contributed by atoms with Gasteiger partial charge in [-0.1, -0.05) is 51.2 Å². The number of benzene rings is 1. The number of likely N-dealkylation sites (N-methyl/N-ethyl adjacent to an activating group) is 1. The van der Waals surface area contributed by atoms with Gasteiger partial charge in [-0.3, -0.25) is 23.9 Å². The lowest BCUT2D eigenvalue weighted by atomic mass is 9.84. The predicted molar refractivity (Wildman–Crippen MR) is 170 cm³/mol. The second-order valence-electron chi connectivity index (χ2n) is 12.5. The van der Waals surface area contributed by atoms with E-state index >= 15 is 4.39 Å². The summed E-state index contributed by atoms with van der Waals surface area (Å²) < 4.78 is 17.1. The van der Waals surface area contributed by atoms with Crippen molar-refractivity contribution < 1.29 is 23.6 Å². The number of aryl methyl sites for hydroxylation is 1. The monoisotopic (exact) mass is 624 g/mol. The number of nitrogens with one attached hydrogen (secondary N) is 2. The molecule has 0 unspecified atom stereocenters. The largest absolute Gasteiger partial charge is 0.344 e. The van der Waals surface area contributed by atoms with Crippen LogP contribution in [0.15, 0.2) is 30.5 Å². The molecule has 2 aliphatic rings. The summed E-state index contributed by atoms with van der Waals surface area (Å²) in [5, 5.41) is 9.91. The van der Waals surface area contributed by atoms with Gasteiger partial charge in [0.1, 0.15) is 17.6 Å². The van der Waals surface area contributed by atoms with E-state index in [1.54, 1.807) is 40.9 Å². The van der Waals surface area contributed by atoms with E-state index in [0.717, 1.165) is 32.4 Å². The van der Waals surface area contributed by atoms with Gasteiger partial charge in [0, 0.05) is 58.2 Å². The molecule has 0 spiro atoms. The van der Waals surface area contributed by atoms with Crippen LogP contribution >= 0.6 is 0 Å². The number of piperazine rings is 1. The fourth-order valence-corrected chi connectivity index (χ4v) is 6.35. The van der Waals surface area contributed by atoms with Crippen LogP contribution < -0.4 is 10.6 Å². The number of carbonyl (C=O) groups excluding carboxylic acids is 4. The molecule has 2 aromatic rings. The third kappa shape index (κ3) is 9.69. The summed E-state index contributed by atoms with van der Waals surface area (Å²) >= 11 is 0. The highest BCUT2D eigenvalue weighted by Crippen LogP contribution is 2.28. The second-order valence-corrected chi connectivity index (χ2v) is 12.5. The molecule has 2 heterocycles. The molecule has 1 aromatic carbocycles. The van der Waals surface area contributed by atoms with Crippen molar-refractivity contribution in [2.75, 3.05) is 33.2 Å². The quantitative estimate of drug-likeness (QED) is 0.332. The highest BCUT2D eigenvalue weighted by Gasteiger charge is 2.29. The van der Waals surface area contributed by atoms with Crippen molar-refractivity contribution in [3.05, 3.63) is 53.1 Å². The lowest BCUT2D eigenvalue weighted by Gasteiger charge is -2.34. The molecule has 1 saturated carbocycles.